The van der Waals surface area contributed by atoms with E-state index in [2.05, 4.69) is 51.6 Å². The van der Waals surface area contributed by atoms with Crippen molar-refractivity contribution in [3.8, 4) is 0 Å². The number of nitrogens with zero attached hydrogens (tertiary/aromatic N) is 2. The maximum absolute atomic E-state index is 12.3. The van der Waals surface area contributed by atoms with Crippen molar-refractivity contribution < 1.29 is 4.79 Å². The lowest BCUT2D eigenvalue weighted by Gasteiger charge is -2.19. The summed E-state index contributed by atoms with van der Waals surface area (Å²) < 4.78 is 0. The van der Waals surface area contributed by atoms with Crippen molar-refractivity contribution in [3.63, 3.8) is 0 Å². The molecular formula is C21H26N4O. The average Bonchev–Trinajstić information content (AvgIpc) is 3.05. The number of anilines is 1. The zero-order chi connectivity index (χ0) is 18.5. The standard InChI is InChI=1S/C21H26N4O/c1-24(2)18-10-8-16(9-11-18)15-25(3)21(26)22-13-12-17-14-23-20-7-5-4-6-19(17)20/h4-11,14,23H,12-13,15H2,1-3H3,(H,22,26). The van der Waals surface area contributed by atoms with Gasteiger partial charge in [0.05, 0.1) is 0 Å². The van der Waals surface area contributed by atoms with Crippen LogP contribution in [0.15, 0.2) is 54.7 Å². The molecule has 2 N–H and O–H groups in total. The van der Waals surface area contributed by atoms with Crippen molar-refractivity contribution in [1.29, 1.82) is 0 Å². The number of fused-ring (bicyclic) bond motifs is 1. The van der Waals surface area contributed by atoms with E-state index in [1.54, 1.807) is 4.90 Å². The van der Waals surface area contributed by atoms with Crippen LogP contribution < -0.4 is 10.2 Å². The zero-order valence-corrected chi connectivity index (χ0v) is 15.6. The van der Waals surface area contributed by atoms with Crippen molar-refractivity contribution in [1.82, 2.24) is 15.2 Å². The molecule has 3 rings (SSSR count). The second kappa shape index (κ2) is 7.95. The Balaban J connectivity index is 1.49. The van der Waals surface area contributed by atoms with Crippen LogP contribution in [0.25, 0.3) is 10.9 Å². The highest BCUT2D eigenvalue weighted by atomic mass is 16.2. The van der Waals surface area contributed by atoms with Gasteiger partial charge in [-0.25, -0.2) is 4.79 Å². The van der Waals surface area contributed by atoms with Crippen molar-refractivity contribution in [2.24, 2.45) is 0 Å². The zero-order valence-electron chi connectivity index (χ0n) is 15.6. The number of hydrogen-bond donors (Lipinski definition) is 2. The minimum atomic E-state index is -0.0541. The number of nitrogens with one attached hydrogen (secondary N) is 2. The molecule has 0 unspecified atom stereocenters. The van der Waals surface area contributed by atoms with Crippen molar-refractivity contribution in [3.05, 3.63) is 65.9 Å². The Morgan fingerprint density at radius 2 is 1.77 bits per heavy atom. The van der Waals surface area contributed by atoms with Crippen LogP contribution in [0.3, 0.4) is 0 Å². The first-order valence-electron chi connectivity index (χ1n) is 8.85. The molecule has 0 radical (unpaired) electrons. The van der Waals surface area contributed by atoms with E-state index in [-0.39, 0.29) is 6.03 Å². The summed E-state index contributed by atoms with van der Waals surface area (Å²) in [6.07, 6.45) is 2.83. The minimum absolute atomic E-state index is 0.0541. The summed E-state index contributed by atoms with van der Waals surface area (Å²) in [6.45, 7) is 1.21. The molecule has 0 saturated carbocycles. The normalized spacial score (nSPS) is 10.7. The molecule has 1 heterocycles. The SMILES string of the molecule is CN(Cc1ccc(N(C)C)cc1)C(=O)NCCc1c[nH]c2ccccc12. The van der Waals surface area contributed by atoms with Crippen LogP contribution >= 0.6 is 0 Å². The Morgan fingerprint density at radius 1 is 1.04 bits per heavy atom. The average molecular weight is 350 g/mol. The third-order valence-corrected chi connectivity index (χ3v) is 4.56. The Bertz CT molecular complexity index is 867. The summed E-state index contributed by atoms with van der Waals surface area (Å²) in [5.74, 6) is 0. The summed E-state index contributed by atoms with van der Waals surface area (Å²) in [4.78, 5) is 19.3. The third kappa shape index (κ3) is 4.17. The Morgan fingerprint density at radius 3 is 2.50 bits per heavy atom. The molecule has 136 valence electrons. The highest BCUT2D eigenvalue weighted by molar-refractivity contribution is 5.83. The lowest BCUT2D eigenvalue weighted by molar-refractivity contribution is 0.207. The second-order valence-corrected chi connectivity index (χ2v) is 6.76. The first kappa shape index (κ1) is 17.9. The van der Waals surface area contributed by atoms with Crippen LogP contribution in [-0.2, 0) is 13.0 Å². The van der Waals surface area contributed by atoms with Crippen molar-refractivity contribution in [2.45, 2.75) is 13.0 Å². The first-order valence-corrected chi connectivity index (χ1v) is 8.85. The number of hydrogen-bond acceptors (Lipinski definition) is 2. The molecular weight excluding hydrogens is 324 g/mol. The molecule has 26 heavy (non-hydrogen) atoms. The van der Waals surface area contributed by atoms with E-state index in [9.17, 15) is 4.79 Å². The molecule has 5 heteroatoms. The van der Waals surface area contributed by atoms with Crippen LogP contribution in [0.5, 0.6) is 0 Å². The smallest absolute Gasteiger partial charge is 0.317 e. The van der Waals surface area contributed by atoms with Crippen LogP contribution in [0.1, 0.15) is 11.1 Å². The molecule has 2 amide bonds. The van der Waals surface area contributed by atoms with Gasteiger partial charge in [0, 0.05) is 57.0 Å². The molecule has 0 aliphatic heterocycles. The van der Waals surface area contributed by atoms with Gasteiger partial charge in [0.15, 0.2) is 0 Å². The molecule has 5 nitrogen and oxygen atoms in total. The van der Waals surface area contributed by atoms with Gasteiger partial charge in [-0.2, -0.15) is 0 Å². The second-order valence-electron chi connectivity index (χ2n) is 6.76. The quantitative estimate of drug-likeness (QED) is 0.713. The molecule has 3 aromatic rings. The molecule has 0 bridgehead atoms. The van der Waals surface area contributed by atoms with Gasteiger partial charge in [-0.15, -0.1) is 0 Å². The number of urea groups is 1. The molecule has 0 fully saturated rings. The summed E-state index contributed by atoms with van der Waals surface area (Å²) in [7, 11) is 5.85. The van der Waals surface area contributed by atoms with Crippen LogP contribution in [-0.4, -0.2) is 43.6 Å². The van der Waals surface area contributed by atoms with Gasteiger partial charge in [-0.3, -0.25) is 0 Å². The molecule has 0 saturated heterocycles. The van der Waals surface area contributed by atoms with Crippen LogP contribution in [0.4, 0.5) is 10.5 Å². The topological polar surface area (TPSA) is 51.4 Å². The van der Waals surface area contributed by atoms with Crippen LogP contribution in [0.2, 0.25) is 0 Å². The first-order chi connectivity index (χ1) is 12.5. The maximum Gasteiger partial charge on any atom is 0.317 e. The van der Waals surface area contributed by atoms with E-state index >= 15 is 0 Å². The number of amides is 2. The number of rotatable bonds is 6. The van der Waals surface area contributed by atoms with Crippen molar-refractivity contribution >= 4 is 22.6 Å². The summed E-state index contributed by atoms with van der Waals surface area (Å²) in [5, 5.41) is 4.22. The van der Waals surface area contributed by atoms with Gasteiger partial charge < -0.3 is 20.1 Å². The monoisotopic (exact) mass is 350 g/mol. The van der Waals surface area contributed by atoms with E-state index < -0.39 is 0 Å². The minimum Gasteiger partial charge on any atom is -0.378 e. The lowest BCUT2D eigenvalue weighted by atomic mass is 10.1. The van der Waals surface area contributed by atoms with Gasteiger partial charge >= 0.3 is 6.03 Å². The number of benzene rings is 2. The predicted octanol–water partition coefficient (Wildman–Crippen LogP) is 3.62. The lowest BCUT2D eigenvalue weighted by Crippen LogP contribution is -2.37. The number of carbonyl (C=O) groups excluding carboxylic acids is 1. The maximum atomic E-state index is 12.3. The fourth-order valence-corrected chi connectivity index (χ4v) is 3.02. The molecule has 0 aliphatic rings. The van der Waals surface area contributed by atoms with E-state index in [1.165, 1.54) is 10.9 Å². The van der Waals surface area contributed by atoms with E-state index in [1.807, 2.05) is 39.5 Å². The highest BCUT2D eigenvalue weighted by Gasteiger charge is 2.09. The molecule has 0 aliphatic carbocycles. The number of para-hydroxylation sites is 1. The molecule has 0 spiro atoms. The molecule has 0 atom stereocenters. The summed E-state index contributed by atoms with van der Waals surface area (Å²) in [6, 6.07) is 16.4. The fourth-order valence-electron chi connectivity index (χ4n) is 3.02. The van der Waals surface area contributed by atoms with E-state index in [0.29, 0.717) is 13.1 Å². The van der Waals surface area contributed by atoms with Crippen molar-refractivity contribution in [2.75, 3.05) is 32.6 Å². The van der Waals surface area contributed by atoms with E-state index in [4.69, 9.17) is 0 Å². The predicted molar refractivity (Wildman–Crippen MR) is 108 cm³/mol. The van der Waals surface area contributed by atoms with E-state index in [0.717, 1.165) is 23.2 Å². The summed E-state index contributed by atoms with van der Waals surface area (Å²) >= 11 is 0. The molecule has 2 aromatic carbocycles. The summed E-state index contributed by atoms with van der Waals surface area (Å²) in [5.41, 5.74) is 4.62. The van der Waals surface area contributed by atoms with Gasteiger partial charge in [0.2, 0.25) is 0 Å². The largest absolute Gasteiger partial charge is 0.378 e. The Kier molecular flexibility index (Phi) is 5.46. The fraction of sp³-hybridized carbons (Fsp3) is 0.286. The number of carbonyl (C=O) groups is 1. The number of aromatic amines is 1. The highest BCUT2D eigenvalue weighted by Crippen LogP contribution is 2.17. The van der Waals surface area contributed by atoms with Gasteiger partial charge in [-0.1, -0.05) is 30.3 Å². The third-order valence-electron chi connectivity index (χ3n) is 4.56. The van der Waals surface area contributed by atoms with Gasteiger partial charge in [0.25, 0.3) is 0 Å². The Hall–Kier alpha value is -2.95. The number of H-pyrrole nitrogens is 1. The Labute approximate surface area is 154 Å². The number of aromatic nitrogens is 1. The van der Waals surface area contributed by atoms with Gasteiger partial charge in [-0.05, 0) is 35.7 Å². The van der Waals surface area contributed by atoms with Gasteiger partial charge in [0.1, 0.15) is 0 Å². The molecule has 1 aromatic heterocycles. The van der Waals surface area contributed by atoms with Crippen LogP contribution in [0, 0.1) is 0 Å².